The third-order valence-electron chi connectivity index (χ3n) is 5.84. The zero-order valence-electron chi connectivity index (χ0n) is 18.7. The first-order valence-electron chi connectivity index (χ1n) is 11.1. The molecule has 3 heterocycles. The normalized spacial score (nSPS) is 16.6. The Bertz CT molecular complexity index is 1270. The van der Waals surface area contributed by atoms with E-state index in [9.17, 15) is 4.79 Å². The lowest BCUT2D eigenvalue weighted by molar-refractivity contribution is -0.114. The Hall–Kier alpha value is -3.78. The van der Waals surface area contributed by atoms with E-state index in [1.165, 1.54) is 13.3 Å². The average molecular weight is 443 g/mol. The van der Waals surface area contributed by atoms with E-state index in [4.69, 9.17) is 9.84 Å². The quantitative estimate of drug-likeness (QED) is 0.489. The molecule has 1 aliphatic rings. The maximum absolute atomic E-state index is 11.9. The van der Waals surface area contributed by atoms with Gasteiger partial charge in [-0.15, -0.1) is 0 Å². The van der Waals surface area contributed by atoms with Gasteiger partial charge < -0.3 is 15.0 Å². The molecule has 1 fully saturated rings. The fourth-order valence-electron chi connectivity index (χ4n) is 4.34. The second kappa shape index (κ2) is 8.99. The second-order valence-electron chi connectivity index (χ2n) is 8.39. The first-order chi connectivity index (χ1) is 16.1. The van der Waals surface area contributed by atoms with Gasteiger partial charge in [0.1, 0.15) is 29.3 Å². The van der Waals surface area contributed by atoms with Gasteiger partial charge in [0.05, 0.1) is 11.4 Å². The van der Waals surface area contributed by atoms with Crippen molar-refractivity contribution in [3.8, 4) is 22.8 Å². The molecule has 8 heteroatoms. The van der Waals surface area contributed by atoms with Crippen LogP contribution in [0.1, 0.15) is 25.8 Å². The zero-order chi connectivity index (χ0) is 22.8. The summed E-state index contributed by atoms with van der Waals surface area (Å²) in [4.78, 5) is 23.1. The number of fused-ring (bicyclic) bond motifs is 1. The van der Waals surface area contributed by atoms with Gasteiger partial charge >= 0.3 is 0 Å². The lowest BCUT2D eigenvalue weighted by atomic mass is 10.1. The Morgan fingerprint density at radius 1 is 1.06 bits per heavy atom. The van der Waals surface area contributed by atoms with Gasteiger partial charge in [-0.05, 0) is 62.8 Å². The molecule has 0 aliphatic carbocycles. The summed E-state index contributed by atoms with van der Waals surface area (Å²) in [6.07, 6.45) is 3.62. The van der Waals surface area contributed by atoms with Crippen LogP contribution in [-0.2, 0) is 4.79 Å². The van der Waals surface area contributed by atoms with E-state index >= 15 is 0 Å². The van der Waals surface area contributed by atoms with Gasteiger partial charge in [0.25, 0.3) is 0 Å². The number of nitrogens with zero attached hydrogens (tertiary/aromatic N) is 5. The summed E-state index contributed by atoms with van der Waals surface area (Å²) in [5.74, 6) is 1.81. The predicted molar refractivity (Wildman–Crippen MR) is 127 cm³/mol. The van der Waals surface area contributed by atoms with Crippen LogP contribution >= 0.6 is 0 Å². The summed E-state index contributed by atoms with van der Waals surface area (Å²) in [6.45, 7) is 3.46. The van der Waals surface area contributed by atoms with E-state index in [0.717, 1.165) is 59.7 Å². The molecule has 1 aliphatic heterocycles. The summed E-state index contributed by atoms with van der Waals surface area (Å²) in [5, 5.41) is 8.59. The van der Waals surface area contributed by atoms with E-state index in [0.29, 0.717) is 5.82 Å². The molecule has 33 heavy (non-hydrogen) atoms. The number of anilines is 1. The number of ether oxygens (including phenoxy) is 1. The largest absolute Gasteiger partial charge is 0.457 e. The summed E-state index contributed by atoms with van der Waals surface area (Å²) >= 11 is 0. The SMILES string of the molecule is CC(=O)Nc1ncnc2c1c(-c1ccc(Oc3ccccc3)cc1)nn2C1CCCN(C)C1. The van der Waals surface area contributed by atoms with Crippen LogP contribution in [0.25, 0.3) is 22.3 Å². The number of likely N-dealkylation sites (tertiary alicyclic amines) is 1. The molecule has 5 rings (SSSR count). The molecule has 1 atom stereocenters. The lowest BCUT2D eigenvalue weighted by Gasteiger charge is -2.29. The molecule has 1 N–H and O–H groups in total. The molecule has 2 aromatic carbocycles. The van der Waals surface area contributed by atoms with Crippen LogP contribution in [-0.4, -0.2) is 50.7 Å². The predicted octanol–water partition coefficient (Wildman–Crippen LogP) is 4.51. The van der Waals surface area contributed by atoms with Crippen LogP contribution in [0.3, 0.4) is 0 Å². The molecule has 0 saturated carbocycles. The van der Waals surface area contributed by atoms with Crippen molar-refractivity contribution in [3.05, 3.63) is 60.9 Å². The highest BCUT2D eigenvalue weighted by Gasteiger charge is 2.26. The van der Waals surface area contributed by atoms with Crippen LogP contribution in [0.2, 0.25) is 0 Å². The number of rotatable bonds is 5. The van der Waals surface area contributed by atoms with Gasteiger partial charge in [0.2, 0.25) is 5.91 Å². The number of amides is 1. The van der Waals surface area contributed by atoms with Crippen molar-refractivity contribution in [2.75, 3.05) is 25.5 Å². The first kappa shape index (κ1) is 21.1. The van der Waals surface area contributed by atoms with Crippen LogP contribution in [0.4, 0.5) is 5.82 Å². The van der Waals surface area contributed by atoms with E-state index in [2.05, 4.69) is 27.2 Å². The van der Waals surface area contributed by atoms with Crippen molar-refractivity contribution < 1.29 is 9.53 Å². The maximum atomic E-state index is 11.9. The molecule has 0 radical (unpaired) electrons. The lowest BCUT2D eigenvalue weighted by Crippen LogP contribution is -2.34. The van der Waals surface area contributed by atoms with Crippen LogP contribution < -0.4 is 10.1 Å². The van der Waals surface area contributed by atoms with E-state index in [1.807, 2.05) is 59.3 Å². The van der Waals surface area contributed by atoms with Crippen LogP contribution in [0.5, 0.6) is 11.5 Å². The number of para-hydroxylation sites is 1. The number of hydrogen-bond acceptors (Lipinski definition) is 6. The van der Waals surface area contributed by atoms with Crippen LogP contribution in [0.15, 0.2) is 60.9 Å². The Kier molecular flexibility index (Phi) is 5.75. The number of carbonyl (C=O) groups is 1. The highest BCUT2D eigenvalue weighted by Crippen LogP contribution is 2.35. The fraction of sp³-hybridized carbons (Fsp3) is 0.280. The highest BCUT2D eigenvalue weighted by molar-refractivity contribution is 6.04. The smallest absolute Gasteiger partial charge is 0.222 e. The van der Waals surface area contributed by atoms with Gasteiger partial charge in [-0.25, -0.2) is 14.6 Å². The zero-order valence-corrected chi connectivity index (χ0v) is 18.7. The number of benzene rings is 2. The van der Waals surface area contributed by atoms with E-state index in [-0.39, 0.29) is 11.9 Å². The molecule has 2 aromatic heterocycles. The Morgan fingerprint density at radius 3 is 2.55 bits per heavy atom. The number of piperidine rings is 1. The van der Waals surface area contributed by atoms with Gasteiger partial charge in [0.15, 0.2) is 5.65 Å². The minimum absolute atomic E-state index is 0.183. The standard InChI is InChI=1S/C25H26N6O2/c1-17(32)28-24-22-23(18-10-12-21(13-11-18)33-20-8-4-3-5-9-20)29-31(25(22)27-16-26-24)19-7-6-14-30(2)15-19/h3-5,8-13,16,19H,6-7,14-15H2,1-2H3,(H,26,27,28,32). The minimum Gasteiger partial charge on any atom is -0.457 e. The minimum atomic E-state index is -0.183. The molecule has 1 unspecified atom stereocenters. The molecule has 0 spiro atoms. The first-order valence-corrected chi connectivity index (χ1v) is 11.1. The molecular weight excluding hydrogens is 416 g/mol. The fourth-order valence-corrected chi connectivity index (χ4v) is 4.34. The summed E-state index contributed by atoms with van der Waals surface area (Å²) in [7, 11) is 2.13. The topological polar surface area (TPSA) is 85.2 Å². The van der Waals surface area contributed by atoms with E-state index < -0.39 is 0 Å². The molecular formula is C25H26N6O2. The highest BCUT2D eigenvalue weighted by atomic mass is 16.5. The summed E-state index contributed by atoms with van der Waals surface area (Å²) in [5.41, 5.74) is 2.38. The number of nitrogens with one attached hydrogen (secondary N) is 1. The third kappa shape index (κ3) is 4.42. The number of likely N-dealkylation sites (N-methyl/N-ethyl adjacent to an activating group) is 1. The van der Waals surface area contributed by atoms with Crippen molar-refractivity contribution in [2.24, 2.45) is 0 Å². The van der Waals surface area contributed by atoms with Crippen LogP contribution in [0, 0.1) is 0 Å². The number of carbonyl (C=O) groups excluding carboxylic acids is 1. The molecule has 168 valence electrons. The van der Waals surface area contributed by atoms with Crippen molar-refractivity contribution >= 4 is 22.8 Å². The Balaban J connectivity index is 1.57. The molecule has 1 amide bonds. The number of hydrogen-bond donors (Lipinski definition) is 1. The molecule has 4 aromatic rings. The van der Waals surface area contributed by atoms with Gasteiger partial charge in [-0.3, -0.25) is 4.79 Å². The average Bonchev–Trinajstić information content (AvgIpc) is 3.21. The van der Waals surface area contributed by atoms with Crippen molar-refractivity contribution in [1.82, 2.24) is 24.6 Å². The Labute approximate surface area is 192 Å². The van der Waals surface area contributed by atoms with Crippen molar-refractivity contribution in [3.63, 3.8) is 0 Å². The third-order valence-corrected chi connectivity index (χ3v) is 5.84. The summed E-state index contributed by atoms with van der Waals surface area (Å²) < 4.78 is 7.93. The summed E-state index contributed by atoms with van der Waals surface area (Å²) in [6, 6.07) is 17.7. The number of aromatic nitrogens is 4. The maximum Gasteiger partial charge on any atom is 0.222 e. The Morgan fingerprint density at radius 2 is 1.82 bits per heavy atom. The molecule has 1 saturated heterocycles. The second-order valence-corrected chi connectivity index (χ2v) is 8.39. The van der Waals surface area contributed by atoms with Gasteiger partial charge in [-0.1, -0.05) is 18.2 Å². The van der Waals surface area contributed by atoms with Gasteiger partial charge in [-0.2, -0.15) is 5.10 Å². The van der Waals surface area contributed by atoms with Gasteiger partial charge in [0, 0.05) is 19.0 Å². The van der Waals surface area contributed by atoms with Crippen molar-refractivity contribution in [2.45, 2.75) is 25.8 Å². The monoisotopic (exact) mass is 442 g/mol. The molecule has 0 bridgehead atoms. The molecule has 8 nitrogen and oxygen atoms in total. The van der Waals surface area contributed by atoms with Crippen molar-refractivity contribution in [1.29, 1.82) is 0 Å². The van der Waals surface area contributed by atoms with E-state index in [1.54, 1.807) is 0 Å².